The van der Waals surface area contributed by atoms with Crippen LogP contribution in [0.15, 0.2) is 48.9 Å². The number of aromatic amines is 1. The Morgan fingerprint density at radius 1 is 0.914 bits per heavy atom. The molecule has 0 spiro atoms. The van der Waals surface area contributed by atoms with Gasteiger partial charge in [0.1, 0.15) is 17.0 Å². The Labute approximate surface area is 204 Å². The third-order valence-corrected chi connectivity index (χ3v) is 6.78. The third-order valence-electron chi connectivity index (χ3n) is 6.78. The van der Waals surface area contributed by atoms with Crippen molar-refractivity contribution in [2.75, 3.05) is 41.8 Å². The smallest absolute Gasteiger partial charge is 0.229 e. The SMILES string of the molecule is c1nc2nc(Nc3ccc(N4CCOCC4)cc3)nc(-c3ccc(NC4CCCCC4)nc3)c2[nH]1. The topological polar surface area (TPSA) is 104 Å². The summed E-state index contributed by atoms with van der Waals surface area (Å²) in [6.07, 6.45) is 9.87. The Kier molecular flexibility index (Phi) is 6.15. The monoisotopic (exact) mass is 470 g/mol. The van der Waals surface area contributed by atoms with Gasteiger partial charge in [0.2, 0.25) is 5.95 Å². The zero-order valence-corrected chi connectivity index (χ0v) is 19.7. The summed E-state index contributed by atoms with van der Waals surface area (Å²) in [4.78, 5) is 24.0. The Balaban J connectivity index is 1.22. The van der Waals surface area contributed by atoms with Gasteiger partial charge in [0.15, 0.2) is 5.65 Å². The number of H-pyrrole nitrogens is 1. The van der Waals surface area contributed by atoms with E-state index in [1.165, 1.54) is 37.8 Å². The van der Waals surface area contributed by atoms with Crippen LogP contribution >= 0.6 is 0 Å². The molecule has 1 aliphatic carbocycles. The number of ether oxygens (including phenoxy) is 1. The van der Waals surface area contributed by atoms with E-state index in [9.17, 15) is 0 Å². The predicted molar refractivity (Wildman–Crippen MR) is 138 cm³/mol. The highest BCUT2D eigenvalue weighted by molar-refractivity contribution is 5.88. The van der Waals surface area contributed by atoms with E-state index >= 15 is 0 Å². The summed E-state index contributed by atoms with van der Waals surface area (Å²) in [5.74, 6) is 1.41. The molecule has 1 aromatic carbocycles. The first kappa shape index (κ1) is 21.8. The molecule has 2 aliphatic rings. The Bertz CT molecular complexity index is 1260. The fraction of sp³-hybridized carbons (Fsp3) is 0.385. The summed E-state index contributed by atoms with van der Waals surface area (Å²) in [5.41, 5.74) is 5.22. The molecule has 3 aromatic heterocycles. The first-order valence-electron chi connectivity index (χ1n) is 12.5. The van der Waals surface area contributed by atoms with E-state index in [-0.39, 0.29) is 0 Å². The zero-order chi connectivity index (χ0) is 23.5. The number of rotatable bonds is 6. The molecule has 6 rings (SSSR count). The van der Waals surface area contributed by atoms with Crippen LogP contribution in [0.1, 0.15) is 32.1 Å². The maximum Gasteiger partial charge on any atom is 0.229 e. The molecule has 4 heterocycles. The Morgan fingerprint density at radius 2 is 1.74 bits per heavy atom. The standard InChI is InChI=1S/C26H30N8O/c1-2-4-19(5-3-1)30-22-11-6-18(16-27-22)23-24-25(29-17-28-24)33-26(32-23)31-20-7-9-21(10-8-20)34-12-14-35-15-13-34/h6-11,16-17,19H,1-5,12-15H2,(H,27,30)(H2,28,29,31,32,33). The number of fused-ring (bicyclic) bond motifs is 1. The normalized spacial score (nSPS) is 17.0. The van der Waals surface area contributed by atoms with E-state index in [0.717, 1.165) is 54.6 Å². The molecule has 35 heavy (non-hydrogen) atoms. The number of aromatic nitrogens is 5. The van der Waals surface area contributed by atoms with Crippen molar-refractivity contribution in [3.05, 3.63) is 48.9 Å². The van der Waals surface area contributed by atoms with E-state index in [4.69, 9.17) is 9.72 Å². The maximum absolute atomic E-state index is 5.45. The molecular formula is C26H30N8O. The lowest BCUT2D eigenvalue weighted by molar-refractivity contribution is 0.122. The minimum Gasteiger partial charge on any atom is -0.378 e. The zero-order valence-electron chi connectivity index (χ0n) is 19.7. The van der Waals surface area contributed by atoms with Crippen molar-refractivity contribution >= 4 is 34.3 Å². The molecular weight excluding hydrogens is 440 g/mol. The highest BCUT2D eigenvalue weighted by Crippen LogP contribution is 2.28. The van der Waals surface area contributed by atoms with Crippen molar-refractivity contribution < 1.29 is 4.74 Å². The van der Waals surface area contributed by atoms with Crippen LogP contribution < -0.4 is 15.5 Å². The molecule has 1 aliphatic heterocycles. The lowest BCUT2D eigenvalue weighted by Crippen LogP contribution is -2.36. The molecule has 9 nitrogen and oxygen atoms in total. The molecule has 0 amide bonds. The molecule has 1 saturated heterocycles. The molecule has 3 N–H and O–H groups in total. The van der Waals surface area contributed by atoms with Crippen molar-refractivity contribution in [1.29, 1.82) is 0 Å². The van der Waals surface area contributed by atoms with Crippen LogP contribution in [-0.4, -0.2) is 57.3 Å². The van der Waals surface area contributed by atoms with E-state index < -0.39 is 0 Å². The van der Waals surface area contributed by atoms with Gasteiger partial charge in [0.25, 0.3) is 0 Å². The van der Waals surface area contributed by atoms with Crippen molar-refractivity contribution in [2.45, 2.75) is 38.1 Å². The predicted octanol–water partition coefficient (Wildman–Crippen LogP) is 4.74. The summed E-state index contributed by atoms with van der Waals surface area (Å²) in [6.45, 7) is 3.37. The second kappa shape index (κ2) is 9.87. The van der Waals surface area contributed by atoms with Crippen LogP contribution in [0.4, 0.5) is 23.1 Å². The number of hydrogen-bond donors (Lipinski definition) is 3. The van der Waals surface area contributed by atoms with Gasteiger partial charge in [-0.05, 0) is 49.2 Å². The first-order chi connectivity index (χ1) is 17.3. The van der Waals surface area contributed by atoms with Gasteiger partial charge < -0.3 is 25.3 Å². The number of pyridine rings is 1. The fourth-order valence-corrected chi connectivity index (χ4v) is 4.88. The van der Waals surface area contributed by atoms with Gasteiger partial charge in [0, 0.05) is 42.3 Å². The first-order valence-corrected chi connectivity index (χ1v) is 12.5. The highest BCUT2D eigenvalue weighted by atomic mass is 16.5. The van der Waals surface area contributed by atoms with Gasteiger partial charge in [-0.15, -0.1) is 0 Å². The number of imidazole rings is 1. The van der Waals surface area contributed by atoms with Crippen LogP contribution in [0.5, 0.6) is 0 Å². The molecule has 0 radical (unpaired) electrons. The molecule has 180 valence electrons. The van der Waals surface area contributed by atoms with Gasteiger partial charge in [-0.3, -0.25) is 0 Å². The lowest BCUT2D eigenvalue weighted by atomic mass is 9.95. The summed E-state index contributed by atoms with van der Waals surface area (Å²) in [7, 11) is 0. The van der Waals surface area contributed by atoms with E-state index in [0.29, 0.717) is 17.6 Å². The Hall–Kier alpha value is -3.72. The van der Waals surface area contributed by atoms with E-state index in [2.05, 4.69) is 65.8 Å². The number of anilines is 4. The number of nitrogens with zero attached hydrogens (tertiary/aromatic N) is 5. The lowest BCUT2D eigenvalue weighted by Gasteiger charge is -2.28. The minimum absolute atomic E-state index is 0.503. The summed E-state index contributed by atoms with van der Waals surface area (Å²) >= 11 is 0. The average Bonchev–Trinajstić information content (AvgIpc) is 3.39. The van der Waals surface area contributed by atoms with Gasteiger partial charge in [-0.2, -0.15) is 4.98 Å². The number of nitrogens with one attached hydrogen (secondary N) is 3. The second-order valence-corrected chi connectivity index (χ2v) is 9.18. The van der Waals surface area contributed by atoms with Crippen LogP contribution in [0.25, 0.3) is 22.4 Å². The second-order valence-electron chi connectivity index (χ2n) is 9.18. The van der Waals surface area contributed by atoms with E-state index in [1.807, 2.05) is 12.3 Å². The summed E-state index contributed by atoms with van der Waals surface area (Å²) in [6, 6.07) is 12.9. The van der Waals surface area contributed by atoms with Gasteiger partial charge in [-0.25, -0.2) is 15.0 Å². The molecule has 9 heteroatoms. The van der Waals surface area contributed by atoms with Crippen LogP contribution in [0.3, 0.4) is 0 Å². The molecule has 0 atom stereocenters. The van der Waals surface area contributed by atoms with Crippen molar-refractivity contribution in [3.8, 4) is 11.3 Å². The highest BCUT2D eigenvalue weighted by Gasteiger charge is 2.16. The Morgan fingerprint density at radius 3 is 2.51 bits per heavy atom. The van der Waals surface area contributed by atoms with Crippen molar-refractivity contribution in [3.63, 3.8) is 0 Å². The van der Waals surface area contributed by atoms with Gasteiger partial charge in [0.05, 0.1) is 19.5 Å². The third kappa shape index (κ3) is 4.90. The quantitative estimate of drug-likeness (QED) is 0.371. The van der Waals surface area contributed by atoms with Gasteiger partial charge >= 0.3 is 0 Å². The average molecular weight is 471 g/mol. The molecule has 0 bridgehead atoms. The molecule has 2 fully saturated rings. The molecule has 1 saturated carbocycles. The minimum atomic E-state index is 0.503. The molecule has 4 aromatic rings. The number of hydrogen-bond acceptors (Lipinski definition) is 8. The largest absolute Gasteiger partial charge is 0.378 e. The number of benzene rings is 1. The van der Waals surface area contributed by atoms with E-state index in [1.54, 1.807) is 6.33 Å². The van der Waals surface area contributed by atoms with Crippen molar-refractivity contribution in [1.82, 2.24) is 24.9 Å². The number of morpholine rings is 1. The van der Waals surface area contributed by atoms with Crippen molar-refractivity contribution in [2.24, 2.45) is 0 Å². The summed E-state index contributed by atoms with van der Waals surface area (Å²) < 4.78 is 5.45. The fourth-order valence-electron chi connectivity index (χ4n) is 4.88. The molecule has 0 unspecified atom stereocenters. The van der Waals surface area contributed by atoms with Crippen LogP contribution in [-0.2, 0) is 4.74 Å². The van der Waals surface area contributed by atoms with Crippen LogP contribution in [0.2, 0.25) is 0 Å². The van der Waals surface area contributed by atoms with Gasteiger partial charge in [-0.1, -0.05) is 19.3 Å². The summed E-state index contributed by atoms with van der Waals surface area (Å²) in [5, 5.41) is 6.92. The maximum atomic E-state index is 5.45. The van der Waals surface area contributed by atoms with Crippen LogP contribution in [0, 0.1) is 0 Å².